The van der Waals surface area contributed by atoms with Crippen LogP contribution in [-0.2, 0) is 4.79 Å². The van der Waals surface area contributed by atoms with Crippen molar-refractivity contribution in [3.63, 3.8) is 0 Å². The number of aliphatic hydroxyl groups excluding tert-OH is 1. The lowest BCUT2D eigenvalue weighted by atomic mass is 10.3. The normalized spacial score (nSPS) is 17.2. The van der Waals surface area contributed by atoms with Crippen LogP contribution in [0, 0.1) is 0 Å². The van der Waals surface area contributed by atoms with Crippen LogP contribution < -0.4 is 10.1 Å². The van der Waals surface area contributed by atoms with Gasteiger partial charge in [0.2, 0.25) is 5.91 Å². The minimum Gasteiger partial charge on any atom is -0.491 e. The SMILES string of the molecule is CC(=O)Nc1ccc(OCC(O)CN2CCSCC2)cc1. The van der Waals surface area contributed by atoms with Gasteiger partial charge in [-0.05, 0) is 24.3 Å². The molecule has 0 radical (unpaired) electrons. The average molecular weight is 310 g/mol. The summed E-state index contributed by atoms with van der Waals surface area (Å²) in [6, 6.07) is 7.14. The van der Waals surface area contributed by atoms with E-state index in [0.717, 1.165) is 30.3 Å². The van der Waals surface area contributed by atoms with E-state index in [4.69, 9.17) is 4.74 Å². The Hall–Kier alpha value is -1.24. The number of hydrogen-bond donors (Lipinski definition) is 2. The lowest BCUT2D eigenvalue weighted by molar-refractivity contribution is -0.114. The summed E-state index contributed by atoms with van der Waals surface area (Å²) in [6.07, 6.45) is -0.483. The van der Waals surface area contributed by atoms with E-state index in [0.29, 0.717) is 12.3 Å². The van der Waals surface area contributed by atoms with E-state index in [1.54, 1.807) is 24.3 Å². The van der Waals surface area contributed by atoms with Gasteiger partial charge in [0.1, 0.15) is 18.5 Å². The molecule has 2 N–H and O–H groups in total. The first kappa shape index (κ1) is 16.1. The number of nitrogens with zero attached hydrogens (tertiary/aromatic N) is 1. The van der Waals surface area contributed by atoms with Crippen LogP contribution in [0.2, 0.25) is 0 Å². The Balaban J connectivity index is 1.72. The van der Waals surface area contributed by atoms with Gasteiger partial charge in [-0.2, -0.15) is 11.8 Å². The number of carbonyl (C=O) groups excluding carboxylic acids is 1. The van der Waals surface area contributed by atoms with Crippen molar-refractivity contribution in [1.82, 2.24) is 4.90 Å². The molecule has 0 aromatic heterocycles. The molecule has 1 fully saturated rings. The van der Waals surface area contributed by atoms with Crippen molar-refractivity contribution in [1.29, 1.82) is 0 Å². The van der Waals surface area contributed by atoms with Crippen LogP contribution in [0.25, 0.3) is 0 Å². The zero-order valence-corrected chi connectivity index (χ0v) is 13.1. The summed E-state index contributed by atoms with van der Waals surface area (Å²) < 4.78 is 5.57. The van der Waals surface area contributed by atoms with Crippen LogP contribution in [0.1, 0.15) is 6.92 Å². The molecular weight excluding hydrogens is 288 g/mol. The summed E-state index contributed by atoms with van der Waals surface area (Å²) in [5.74, 6) is 2.87. The molecule has 1 aromatic rings. The van der Waals surface area contributed by atoms with Crippen molar-refractivity contribution in [2.45, 2.75) is 13.0 Å². The third-order valence-corrected chi connectivity index (χ3v) is 4.13. The topological polar surface area (TPSA) is 61.8 Å². The Morgan fingerprint density at radius 3 is 2.67 bits per heavy atom. The maximum atomic E-state index is 10.9. The largest absolute Gasteiger partial charge is 0.491 e. The Labute approximate surface area is 129 Å². The smallest absolute Gasteiger partial charge is 0.221 e. The zero-order valence-electron chi connectivity index (χ0n) is 12.2. The summed E-state index contributed by atoms with van der Waals surface area (Å²) in [7, 11) is 0. The standard InChI is InChI=1S/C15H22N2O3S/c1-12(18)16-13-2-4-15(5-3-13)20-11-14(19)10-17-6-8-21-9-7-17/h2-5,14,19H,6-11H2,1H3,(H,16,18). The number of β-amino-alcohol motifs (C(OH)–C–C–N with tert-alkyl or cyclic N) is 1. The summed E-state index contributed by atoms with van der Waals surface area (Å²) in [5.41, 5.74) is 0.737. The molecule has 1 aliphatic heterocycles. The Morgan fingerprint density at radius 2 is 2.05 bits per heavy atom. The van der Waals surface area contributed by atoms with Crippen LogP contribution in [-0.4, -0.2) is 59.8 Å². The summed E-state index contributed by atoms with van der Waals surface area (Å²) in [5, 5.41) is 12.7. The number of thioether (sulfide) groups is 1. The Kier molecular flexibility index (Phi) is 6.35. The Morgan fingerprint density at radius 1 is 1.38 bits per heavy atom. The first-order chi connectivity index (χ1) is 10.1. The van der Waals surface area contributed by atoms with Gasteiger partial charge in [0.15, 0.2) is 0 Å². The van der Waals surface area contributed by atoms with Crippen LogP contribution in [0.15, 0.2) is 24.3 Å². The fraction of sp³-hybridized carbons (Fsp3) is 0.533. The molecule has 1 atom stereocenters. The highest BCUT2D eigenvalue weighted by atomic mass is 32.2. The third-order valence-electron chi connectivity index (χ3n) is 3.19. The van der Waals surface area contributed by atoms with Crippen LogP contribution in [0.3, 0.4) is 0 Å². The van der Waals surface area contributed by atoms with Gasteiger partial charge in [-0.1, -0.05) is 0 Å². The third kappa shape index (κ3) is 5.95. The van der Waals surface area contributed by atoms with Gasteiger partial charge in [0.25, 0.3) is 0 Å². The number of amides is 1. The molecule has 6 heteroatoms. The summed E-state index contributed by atoms with van der Waals surface area (Å²) >= 11 is 1.96. The molecule has 1 aliphatic rings. The van der Waals surface area contributed by atoms with Crippen molar-refractivity contribution >= 4 is 23.4 Å². The molecule has 116 valence electrons. The van der Waals surface area contributed by atoms with E-state index in [9.17, 15) is 9.90 Å². The molecule has 0 aliphatic carbocycles. The van der Waals surface area contributed by atoms with Crippen LogP contribution >= 0.6 is 11.8 Å². The van der Waals surface area contributed by atoms with Crippen molar-refractivity contribution in [2.24, 2.45) is 0 Å². The first-order valence-electron chi connectivity index (χ1n) is 7.12. The molecule has 1 amide bonds. The first-order valence-corrected chi connectivity index (χ1v) is 8.27. The molecule has 1 aromatic carbocycles. The number of aliphatic hydroxyl groups is 1. The van der Waals surface area contributed by atoms with Gasteiger partial charge in [0, 0.05) is 43.8 Å². The highest BCUT2D eigenvalue weighted by molar-refractivity contribution is 7.99. The van der Waals surface area contributed by atoms with Crippen molar-refractivity contribution in [3.05, 3.63) is 24.3 Å². The lowest BCUT2D eigenvalue weighted by Crippen LogP contribution is -2.40. The molecular formula is C15H22N2O3S. The van der Waals surface area contributed by atoms with Crippen LogP contribution in [0.5, 0.6) is 5.75 Å². The number of nitrogens with one attached hydrogen (secondary N) is 1. The number of carbonyl (C=O) groups is 1. The van der Waals surface area contributed by atoms with Crippen molar-refractivity contribution in [3.8, 4) is 5.75 Å². The van der Waals surface area contributed by atoms with Crippen LogP contribution in [0.4, 0.5) is 5.69 Å². The van der Waals surface area contributed by atoms with Crippen molar-refractivity contribution < 1.29 is 14.6 Å². The van der Waals surface area contributed by atoms with Crippen molar-refractivity contribution in [2.75, 3.05) is 43.1 Å². The molecule has 1 saturated heterocycles. The van der Waals surface area contributed by atoms with E-state index in [2.05, 4.69) is 10.2 Å². The molecule has 21 heavy (non-hydrogen) atoms. The van der Waals surface area contributed by atoms with Gasteiger partial charge < -0.3 is 15.2 Å². The van der Waals surface area contributed by atoms with Gasteiger partial charge >= 0.3 is 0 Å². The maximum absolute atomic E-state index is 10.9. The maximum Gasteiger partial charge on any atom is 0.221 e. The van der Waals surface area contributed by atoms with Gasteiger partial charge in [-0.3, -0.25) is 9.69 Å². The van der Waals surface area contributed by atoms with Gasteiger partial charge in [-0.15, -0.1) is 0 Å². The van der Waals surface area contributed by atoms with Gasteiger partial charge in [-0.25, -0.2) is 0 Å². The Bertz CT molecular complexity index is 447. The number of benzene rings is 1. The van der Waals surface area contributed by atoms with E-state index < -0.39 is 6.10 Å². The number of hydrogen-bond acceptors (Lipinski definition) is 5. The van der Waals surface area contributed by atoms with E-state index in [1.807, 2.05) is 11.8 Å². The summed E-state index contributed by atoms with van der Waals surface area (Å²) in [4.78, 5) is 13.2. The lowest BCUT2D eigenvalue weighted by Gasteiger charge is -2.28. The summed E-state index contributed by atoms with van der Waals surface area (Å²) in [6.45, 7) is 4.48. The number of rotatable bonds is 6. The predicted octanol–water partition coefficient (Wildman–Crippen LogP) is 1.43. The van der Waals surface area contributed by atoms with E-state index >= 15 is 0 Å². The monoisotopic (exact) mass is 310 g/mol. The second-order valence-corrected chi connectivity index (χ2v) is 6.31. The quantitative estimate of drug-likeness (QED) is 0.832. The molecule has 0 spiro atoms. The van der Waals surface area contributed by atoms with E-state index in [1.165, 1.54) is 6.92 Å². The van der Waals surface area contributed by atoms with Gasteiger partial charge in [0.05, 0.1) is 0 Å². The average Bonchev–Trinajstić information content (AvgIpc) is 2.47. The molecule has 0 bridgehead atoms. The molecule has 1 unspecified atom stereocenters. The fourth-order valence-electron chi connectivity index (χ4n) is 2.16. The highest BCUT2D eigenvalue weighted by Crippen LogP contribution is 2.16. The molecule has 2 rings (SSSR count). The highest BCUT2D eigenvalue weighted by Gasteiger charge is 2.15. The molecule has 5 nitrogen and oxygen atoms in total. The zero-order chi connectivity index (χ0) is 15.1. The number of anilines is 1. The second kappa shape index (κ2) is 8.26. The molecule has 0 saturated carbocycles. The molecule has 1 heterocycles. The second-order valence-electron chi connectivity index (χ2n) is 5.08. The fourth-order valence-corrected chi connectivity index (χ4v) is 3.14. The number of ether oxygens (including phenoxy) is 1. The minimum absolute atomic E-state index is 0.0983. The predicted molar refractivity (Wildman–Crippen MR) is 86.0 cm³/mol. The van der Waals surface area contributed by atoms with E-state index in [-0.39, 0.29) is 12.5 Å². The minimum atomic E-state index is -0.483.